The van der Waals surface area contributed by atoms with Crippen LogP contribution in [0.4, 0.5) is 0 Å². The van der Waals surface area contributed by atoms with E-state index in [9.17, 15) is 0 Å². The predicted octanol–water partition coefficient (Wildman–Crippen LogP) is 3.73. The maximum absolute atomic E-state index is 6.35. The molecule has 0 aliphatic carbocycles. The van der Waals surface area contributed by atoms with Gasteiger partial charge in [0.15, 0.2) is 0 Å². The molecule has 0 aliphatic rings. The van der Waals surface area contributed by atoms with Crippen molar-refractivity contribution in [3.8, 4) is 0 Å². The highest BCUT2D eigenvalue weighted by Crippen LogP contribution is 2.31. The smallest absolute Gasteiger partial charge is 0.0595 e. The summed E-state index contributed by atoms with van der Waals surface area (Å²) in [6.45, 7) is 0. The van der Waals surface area contributed by atoms with Crippen molar-refractivity contribution >= 4 is 27.5 Å². The van der Waals surface area contributed by atoms with Gasteiger partial charge in [-0.25, -0.2) is 0 Å². The zero-order valence-corrected chi connectivity index (χ0v) is 13.4. The number of hydrogen-bond donors (Lipinski definition) is 1. The fourth-order valence-electron chi connectivity index (χ4n) is 2.16. The number of halogens is 2. The molecule has 1 aromatic heterocycles. The minimum Gasteiger partial charge on any atom is -0.313 e. The quantitative estimate of drug-likeness (QED) is 0.897. The summed E-state index contributed by atoms with van der Waals surface area (Å²) in [5.41, 5.74) is 2.37. The zero-order chi connectivity index (χ0) is 13.8. The van der Waals surface area contributed by atoms with Gasteiger partial charge in [0, 0.05) is 23.8 Å². The molecule has 0 bridgehead atoms. The molecule has 0 fully saturated rings. The van der Waals surface area contributed by atoms with E-state index >= 15 is 0 Å². The van der Waals surface area contributed by atoms with Gasteiger partial charge in [-0.05, 0) is 53.0 Å². The standard InChI is InChI=1S/C14H17BrClN3/c1-17-13(7-6-10-8-18-19(2)9-10)11-4-3-5-12(15)14(11)16/h3-5,8-9,13,17H,6-7H2,1-2H3. The lowest BCUT2D eigenvalue weighted by atomic mass is 10.0. The van der Waals surface area contributed by atoms with Crippen LogP contribution in [0.5, 0.6) is 0 Å². The van der Waals surface area contributed by atoms with Crippen molar-refractivity contribution in [2.24, 2.45) is 7.05 Å². The Labute approximate surface area is 127 Å². The SMILES string of the molecule is CNC(CCc1cnn(C)c1)c1cccc(Br)c1Cl. The number of benzene rings is 1. The van der Waals surface area contributed by atoms with Crippen molar-refractivity contribution in [2.45, 2.75) is 18.9 Å². The zero-order valence-electron chi connectivity index (χ0n) is 11.0. The molecule has 0 aliphatic heterocycles. The fourth-order valence-corrected chi connectivity index (χ4v) is 2.80. The molecular formula is C14H17BrClN3. The lowest BCUT2D eigenvalue weighted by molar-refractivity contribution is 0.549. The molecule has 0 saturated heterocycles. The molecule has 19 heavy (non-hydrogen) atoms. The van der Waals surface area contributed by atoms with E-state index in [4.69, 9.17) is 11.6 Å². The Hall–Kier alpha value is -0.840. The van der Waals surface area contributed by atoms with Crippen molar-refractivity contribution in [2.75, 3.05) is 7.05 Å². The number of hydrogen-bond acceptors (Lipinski definition) is 2. The number of aromatic nitrogens is 2. The Morgan fingerprint density at radius 2 is 2.26 bits per heavy atom. The van der Waals surface area contributed by atoms with E-state index < -0.39 is 0 Å². The molecule has 0 saturated carbocycles. The largest absolute Gasteiger partial charge is 0.313 e. The van der Waals surface area contributed by atoms with Gasteiger partial charge >= 0.3 is 0 Å². The molecular weight excluding hydrogens is 326 g/mol. The first-order valence-corrected chi connectivity index (χ1v) is 7.37. The normalized spacial score (nSPS) is 12.6. The summed E-state index contributed by atoms with van der Waals surface area (Å²) in [5.74, 6) is 0. The van der Waals surface area contributed by atoms with E-state index in [1.54, 1.807) is 0 Å². The molecule has 0 spiro atoms. The summed E-state index contributed by atoms with van der Waals surface area (Å²) in [6, 6.07) is 6.28. The van der Waals surface area contributed by atoms with Gasteiger partial charge in [-0.3, -0.25) is 4.68 Å². The first-order valence-electron chi connectivity index (χ1n) is 6.20. The second kappa shape index (κ2) is 6.55. The van der Waals surface area contributed by atoms with Gasteiger partial charge in [0.1, 0.15) is 0 Å². The monoisotopic (exact) mass is 341 g/mol. The Bertz CT molecular complexity index is 553. The van der Waals surface area contributed by atoms with E-state index in [2.05, 4.69) is 38.6 Å². The third kappa shape index (κ3) is 3.59. The maximum atomic E-state index is 6.35. The molecule has 1 atom stereocenters. The van der Waals surface area contributed by atoms with Crippen LogP contribution in [0.1, 0.15) is 23.6 Å². The average molecular weight is 343 g/mol. The van der Waals surface area contributed by atoms with Crippen molar-refractivity contribution in [3.05, 3.63) is 51.2 Å². The van der Waals surface area contributed by atoms with Crippen LogP contribution in [0.15, 0.2) is 35.1 Å². The third-order valence-corrected chi connectivity index (χ3v) is 4.50. The number of aryl methyl sites for hydroxylation is 2. The number of rotatable bonds is 5. The summed E-state index contributed by atoms with van der Waals surface area (Å²) >= 11 is 9.82. The molecule has 102 valence electrons. The van der Waals surface area contributed by atoms with Gasteiger partial charge in [0.25, 0.3) is 0 Å². The van der Waals surface area contributed by atoms with Gasteiger partial charge in [0.05, 0.1) is 11.2 Å². The Kier molecular flexibility index (Phi) is 5.02. The van der Waals surface area contributed by atoms with Crippen LogP contribution in [0, 0.1) is 0 Å². The van der Waals surface area contributed by atoms with E-state index in [0.29, 0.717) is 0 Å². The second-order valence-corrected chi connectivity index (χ2v) is 5.78. The first kappa shape index (κ1) is 14.6. The molecule has 5 heteroatoms. The minimum absolute atomic E-state index is 0.241. The third-order valence-electron chi connectivity index (χ3n) is 3.19. The lowest BCUT2D eigenvalue weighted by Gasteiger charge is -2.18. The van der Waals surface area contributed by atoms with Crippen LogP contribution >= 0.6 is 27.5 Å². The van der Waals surface area contributed by atoms with Gasteiger partial charge in [0.2, 0.25) is 0 Å². The van der Waals surface area contributed by atoms with E-state index in [0.717, 1.165) is 27.9 Å². The first-order chi connectivity index (χ1) is 9.11. The molecule has 3 nitrogen and oxygen atoms in total. The van der Waals surface area contributed by atoms with E-state index in [-0.39, 0.29) is 6.04 Å². The highest BCUT2D eigenvalue weighted by atomic mass is 79.9. The molecule has 0 radical (unpaired) electrons. The second-order valence-electron chi connectivity index (χ2n) is 4.55. The van der Waals surface area contributed by atoms with Crippen LogP contribution in [0.2, 0.25) is 5.02 Å². The Morgan fingerprint density at radius 3 is 2.89 bits per heavy atom. The highest BCUT2D eigenvalue weighted by Gasteiger charge is 2.14. The topological polar surface area (TPSA) is 29.9 Å². The molecule has 1 unspecified atom stereocenters. The molecule has 0 amide bonds. The molecule has 2 rings (SSSR count). The summed E-state index contributed by atoms with van der Waals surface area (Å²) in [6.07, 6.45) is 5.92. The van der Waals surface area contributed by atoms with Crippen molar-refractivity contribution in [1.82, 2.24) is 15.1 Å². The number of nitrogens with zero attached hydrogens (tertiary/aromatic N) is 2. The molecule has 2 aromatic rings. The van der Waals surface area contributed by atoms with Gasteiger partial charge < -0.3 is 5.32 Å². The fraction of sp³-hybridized carbons (Fsp3) is 0.357. The van der Waals surface area contributed by atoms with Gasteiger partial charge in [-0.1, -0.05) is 23.7 Å². The van der Waals surface area contributed by atoms with Crippen LogP contribution < -0.4 is 5.32 Å². The Morgan fingerprint density at radius 1 is 1.47 bits per heavy atom. The predicted molar refractivity (Wildman–Crippen MR) is 82.5 cm³/mol. The summed E-state index contributed by atoms with van der Waals surface area (Å²) in [4.78, 5) is 0. The summed E-state index contributed by atoms with van der Waals surface area (Å²) < 4.78 is 2.77. The minimum atomic E-state index is 0.241. The van der Waals surface area contributed by atoms with Gasteiger partial charge in [-0.15, -0.1) is 0 Å². The average Bonchev–Trinajstić information content (AvgIpc) is 2.81. The van der Waals surface area contributed by atoms with E-state index in [1.807, 2.05) is 37.1 Å². The molecule has 1 aromatic carbocycles. The molecule has 1 heterocycles. The van der Waals surface area contributed by atoms with Crippen LogP contribution in [0.25, 0.3) is 0 Å². The van der Waals surface area contributed by atoms with Crippen LogP contribution in [-0.4, -0.2) is 16.8 Å². The van der Waals surface area contributed by atoms with Gasteiger partial charge in [-0.2, -0.15) is 5.10 Å². The van der Waals surface area contributed by atoms with Crippen LogP contribution in [-0.2, 0) is 13.5 Å². The summed E-state index contributed by atoms with van der Waals surface area (Å²) in [7, 11) is 3.90. The van der Waals surface area contributed by atoms with Crippen molar-refractivity contribution in [3.63, 3.8) is 0 Å². The Balaban J connectivity index is 2.09. The van der Waals surface area contributed by atoms with Crippen molar-refractivity contribution < 1.29 is 0 Å². The van der Waals surface area contributed by atoms with Crippen LogP contribution in [0.3, 0.4) is 0 Å². The highest BCUT2D eigenvalue weighted by molar-refractivity contribution is 9.10. The lowest BCUT2D eigenvalue weighted by Crippen LogP contribution is -2.17. The maximum Gasteiger partial charge on any atom is 0.0595 e. The number of nitrogens with one attached hydrogen (secondary N) is 1. The summed E-state index contributed by atoms with van der Waals surface area (Å²) in [5, 5.41) is 8.30. The van der Waals surface area contributed by atoms with Crippen molar-refractivity contribution in [1.29, 1.82) is 0 Å². The molecule has 1 N–H and O–H groups in total. The van der Waals surface area contributed by atoms with E-state index in [1.165, 1.54) is 5.56 Å².